The number of aromatic hydroxyl groups is 2. The van der Waals surface area contributed by atoms with Gasteiger partial charge >= 0.3 is 0 Å². The molecule has 4 heteroatoms. The molecule has 196 valence electrons. The number of hydrogen-bond acceptors (Lipinski definition) is 4. The van der Waals surface area contributed by atoms with Crippen molar-refractivity contribution < 1.29 is 19.7 Å². The van der Waals surface area contributed by atoms with Gasteiger partial charge in [-0.1, -0.05) is 67.8 Å². The number of para-hydroxylation sites is 2. The first-order valence-corrected chi connectivity index (χ1v) is 13.5. The average molecular weight is 509 g/mol. The van der Waals surface area contributed by atoms with E-state index in [4.69, 9.17) is 9.47 Å². The Morgan fingerprint density at radius 2 is 1.03 bits per heavy atom. The lowest BCUT2D eigenvalue weighted by atomic mass is 9.64. The molecule has 0 amide bonds. The first kappa shape index (κ1) is 25.7. The predicted molar refractivity (Wildman–Crippen MR) is 151 cm³/mol. The number of ether oxygens (including phenoxy) is 2. The van der Waals surface area contributed by atoms with Crippen LogP contribution >= 0.6 is 0 Å². The van der Waals surface area contributed by atoms with Crippen molar-refractivity contribution >= 4 is 0 Å². The van der Waals surface area contributed by atoms with Crippen molar-refractivity contribution in [2.75, 3.05) is 0 Å². The van der Waals surface area contributed by atoms with Crippen LogP contribution in [0.5, 0.6) is 23.0 Å². The summed E-state index contributed by atoms with van der Waals surface area (Å²) in [7, 11) is 0. The highest BCUT2D eigenvalue weighted by molar-refractivity contribution is 5.53. The van der Waals surface area contributed by atoms with E-state index in [2.05, 4.69) is 24.3 Å². The normalized spacial score (nSPS) is 14.7. The number of aryl methyl sites for hydroxylation is 2. The fraction of sp³-hybridized carbons (Fsp3) is 0.294. The molecule has 4 nitrogen and oxygen atoms in total. The largest absolute Gasteiger partial charge is 0.507 e. The quantitative estimate of drug-likeness (QED) is 0.252. The molecule has 0 radical (unpaired) electrons. The summed E-state index contributed by atoms with van der Waals surface area (Å²) < 4.78 is 12.1. The second-order valence-corrected chi connectivity index (χ2v) is 10.4. The molecular formula is C34H36O4. The summed E-state index contributed by atoms with van der Waals surface area (Å²) >= 11 is 0. The summed E-state index contributed by atoms with van der Waals surface area (Å²) in [6, 6.07) is 27.9. The van der Waals surface area contributed by atoms with Gasteiger partial charge in [0.2, 0.25) is 0 Å². The van der Waals surface area contributed by atoms with Gasteiger partial charge in [0.05, 0.1) is 0 Å². The number of phenols is 2. The second kappa shape index (κ2) is 11.2. The minimum Gasteiger partial charge on any atom is -0.507 e. The van der Waals surface area contributed by atoms with E-state index in [-0.39, 0.29) is 16.9 Å². The Labute approximate surface area is 225 Å². The molecule has 0 aromatic heterocycles. The molecule has 1 fully saturated rings. The Bertz CT molecular complexity index is 1270. The molecule has 0 unspecified atom stereocenters. The number of rotatable bonds is 8. The Morgan fingerprint density at radius 1 is 0.605 bits per heavy atom. The molecule has 0 heterocycles. The van der Waals surface area contributed by atoms with Crippen LogP contribution in [0.25, 0.3) is 0 Å². The SMILES string of the molecule is Cc1cc(C2(c3cc(C)c(O)c(COc4ccccc4)c3)CCCCC2)cc(COc2ccccc2)c1O. The molecule has 0 saturated heterocycles. The third-order valence-electron chi connectivity index (χ3n) is 7.85. The highest BCUT2D eigenvalue weighted by Gasteiger charge is 2.37. The Morgan fingerprint density at radius 3 is 1.45 bits per heavy atom. The molecule has 2 N–H and O–H groups in total. The lowest BCUT2D eigenvalue weighted by Crippen LogP contribution is -2.31. The van der Waals surface area contributed by atoms with Crippen molar-refractivity contribution in [3.8, 4) is 23.0 Å². The second-order valence-electron chi connectivity index (χ2n) is 10.4. The van der Waals surface area contributed by atoms with E-state index in [1.165, 1.54) is 17.5 Å². The number of phenolic OH excluding ortho intramolecular Hbond substituents is 2. The van der Waals surface area contributed by atoms with Gasteiger partial charge in [-0.3, -0.25) is 0 Å². The highest BCUT2D eigenvalue weighted by atomic mass is 16.5. The zero-order valence-corrected chi connectivity index (χ0v) is 22.2. The van der Waals surface area contributed by atoms with Crippen LogP contribution in [0, 0.1) is 13.8 Å². The molecule has 0 spiro atoms. The van der Waals surface area contributed by atoms with Gasteiger partial charge in [0.1, 0.15) is 36.2 Å². The van der Waals surface area contributed by atoms with Crippen LogP contribution in [0.4, 0.5) is 0 Å². The maximum atomic E-state index is 10.9. The summed E-state index contributed by atoms with van der Waals surface area (Å²) in [5, 5.41) is 21.9. The Kier molecular flexibility index (Phi) is 7.59. The van der Waals surface area contributed by atoms with Crippen LogP contribution in [0.1, 0.15) is 65.5 Å². The van der Waals surface area contributed by atoms with Crippen molar-refractivity contribution in [1.82, 2.24) is 0 Å². The molecular weight excluding hydrogens is 472 g/mol. The molecule has 0 aliphatic heterocycles. The van der Waals surface area contributed by atoms with E-state index in [0.717, 1.165) is 59.4 Å². The summed E-state index contributed by atoms with van der Waals surface area (Å²) in [5.74, 6) is 2.13. The lowest BCUT2D eigenvalue weighted by molar-refractivity contribution is 0.295. The third-order valence-corrected chi connectivity index (χ3v) is 7.85. The monoisotopic (exact) mass is 508 g/mol. The van der Waals surface area contributed by atoms with Gasteiger partial charge in [-0.05, 0) is 85.3 Å². The summed E-state index contributed by atoms with van der Waals surface area (Å²) in [6.07, 6.45) is 5.50. The van der Waals surface area contributed by atoms with Gasteiger partial charge < -0.3 is 19.7 Å². The average Bonchev–Trinajstić information content (AvgIpc) is 2.96. The number of hydrogen-bond donors (Lipinski definition) is 2. The van der Waals surface area contributed by atoms with Gasteiger partial charge in [0.15, 0.2) is 0 Å². The van der Waals surface area contributed by atoms with Crippen molar-refractivity contribution in [1.29, 1.82) is 0 Å². The van der Waals surface area contributed by atoms with E-state index in [9.17, 15) is 10.2 Å². The smallest absolute Gasteiger partial charge is 0.125 e. The first-order valence-electron chi connectivity index (χ1n) is 13.5. The summed E-state index contributed by atoms with van der Waals surface area (Å²) in [4.78, 5) is 0. The first-order chi connectivity index (χ1) is 18.5. The van der Waals surface area contributed by atoms with Gasteiger partial charge in [-0.2, -0.15) is 0 Å². The maximum absolute atomic E-state index is 10.9. The minimum absolute atomic E-state index is 0.210. The molecule has 38 heavy (non-hydrogen) atoms. The molecule has 0 atom stereocenters. The molecule has 5 rings (SSSR count). The van der Waals surface area contributed by atoms with Crippen LogP contribution in [0.2, 0.25) is 0 Å². The maximum Gasteiger partial charge on any atom is 0.125 e. The molecule has 1 aliphatic carbocycles. The lowest BCUT2D eigenvalue weighted by Gasteiger charge is -2.40. The van der Waals surface area contributed by atoms with E-state index in [1.54, 1.807) is 0 Å². The third kappa shape index (κ3) is 5.35. The summed E-state index contributed by atoms with van der Waals surface area (Å²) in [5.41, 5.74) is 5.45. The zero-order chi connectivity index (χ0) is 26.5. The fourth-order valence-electron chi connectivity index (χ4n) is 5.73. The van der Waals surface area contributed by atoms with Gasteiger partial charge in [0, 0.05) is 16.5 Å². The van der Waals surface area contributed by atoms with Crippen molar-refractivity contribution in [2.45, 2.75) is 64.6 Å². The van der Waals surface area contributed by atoms with Crippen LogP contribution in [0.3, 0.4) is 0 Å². The molecule has 4 aromatic carbocycles. The molecule has 0 bridgehead atoms. The summed E-state index contributed by atoms with van der Waals surface area (Å²) in [6.45, 7) is 4.52. The van der Waals surface area contributed by atoms with E-state index in [1.807, 2.05) is 74.5 Å². The Balaban J connectivity index is 1.52. The minimum atomic E-state index is -0.210. The van der Waals surface area contributed by atoms with E-state index >= 15 is 0 Å². The highest BCUT2D eigenvalue weighted by Crippen LogP contribution is 2.48. The van der Waals surface area contributed by atoms with Gasteiger partial charge in [-0.25, -0.2) is 0 Å². The van der Waals surface area contributed by atoms with Crippen LogP contribution in [0.15, 0.2) is 84.9 Å². The van der Waals surface area contributed by atoms with Crippen LogP contribution in [-0.2, 0) is 18.6 Å². The van der Waals surface area contributed by atoms with E-state index < -0.39 is 0 Å². The van der Waals surface area contributed by atoms with Gasteiger partial charge in [0.25, 0.3) is 0 Å². The van der Waals surface area contributed by atoms with Crippen LogP contribution < -0.4 is 9.47 Å². The van der Waals surface area contributed by atoms with Gasteiger partial charge in [-0.15, -0.1) is 0 Å². The standard InChI is InChI=1S/C34H36O4/c1-24-18-28(20-26(32(24)35)22-37-30-12-6-3-7-13-30)34(16-10-5-11-17-34)29-19-25(2)33(36)27(21-29)23-38-31-14-8-4-9-15-31/h3-4,6-9,12-15,18-21,35-36H,5,10-11,16-17,22-23H2,1-2H3. The van der Waals surface area contributed by atoms with Crippen molar-refractivity contribution in [2.24, 2.45) is 0 Å². The fourth-order valence-corrected chi connectivity index (χ4v) is 5.73. The zero-order valence-electron chi connectivity index (χ0n) is 22.2. The van der Waals surface area contributed by atoms with Crippen molar-refractivity contribution in [3.05, 3.63) is 118 Å². The predicted octanol–water partition coefficient (Wildman–Crippen LogP) is 8.12. The number of benzene rings is 4. The Hall–Kier alpha value is -3.92. The molecule has 1 saturated carbocycles. The van der Waals surface area contributed by atoms with E-state index in [0.29, 0.717) is 13.2 Å². The topological polar surface area (TPSA) is 58.9 Å². The molecule has 4 aromatic rings. The van der Waals surface area contributed by atoms with Crippen molar-refractivity contribution in [3.63, 3.8) is 0 Å². The van der Waals surface area contributed by atoms with Crippen LogP contribution in [-0.4, -0.2) is 10.2 Å². The molecule has 1 aliphatic rings.